The topological polar surface area (TPSA) is 29.5 Å². The zero-order valence-electron chi connectivity index (χ0n) is 12.0. The number of fused-ring (bicyclic) bond motifs is 2. The van der Waals surface area contributed by atoms with E-state index in [1.165, 1.54) is 0 Å². The third-order valence-electron chi connectivity index (χ3n) is 4.60. The first-order chi connectivity index (χ1) is 10.2. The van der Waals surface area contributed by atoms with Gasteiger partial charge in [-0.05, 0) is 42.2 Å². The first-order valence-electron chi connectivity index (χ1n) is 7.29. The highest BCUT2D eigenvalue weighted by Gasteiger charge is 2.59. The zero-order valence-corrected chi connectivity index (χ0v) is 12.0. The molecule has 0 unspecified atom stereocenters. The summed E-state index contributed by atoms with van der Waals surface area (Å²) in [5, 5.41) is 0. The van der Waals surface area contributed by atoms with Crippen LogP contribution in [0.1, 0.15) is 24.0 Å². The number of benzene rings is 2. The molecule has 0 aromatic heterocycles. The summed E-state index contributed by atoms with van der Waals surface area (Å²) in [5.74, 6) is 1.07. The molecule has 2 aromatic carbocycles. The normalized spacial score (nSPS) is 18.0. The van der Waals surface area contributed by atoms with Crippen LogP contribution in [0.2, 0.25) is 0 Å². The van der Waals surface area contributed by atoms with E-state index in [0.29, 0.717) is 6.54 Å². The van der Waals surface area contributed by atoms with Gasteiger partial charge in [0.1, 0.15) is 5.75 Å². The maximum atomic E-state index is 12.8. The third kappa shape index (κ3) is 1.77. The number of ether oxygens (including phenoxy) is 1. The van der Waals surface area contributed by atoms with Crippen LogP contribution in [0.5, 0.6) is 5.75 Å². The van der Waals surface area contributed by atoms with E-state index in [1.54, 1.807) is 7.11 Å². The van der Waals surface area contributed by atoms with E-state index in [1.807, 2.05) is 41.3 Å². The van der Waals surface area contributed by atoms with Crippen LogP contribution in [0.15, 0.2) is 48.5 Å². The van der Waals surface area contributed by atoms with Crippen molar-refractivity contribution in [2.45, 2.75) is 24.8 Å². The SMILES string of the molecule is COc1ccc2c(c1)C1(CC1)C(=O)N2Cc1ccccc1. The highest BCUT2D eigenvalue weighted by Crippen LogP contribution is 2.58. The van der Waals surface area contributed by atoms with Crippen molar-refractivity contribution in [2.24, 2.45) is 0 Å². The average Bonchev–Trinajstić information content (AvgIpc) is 3.30. The Kier molecular flexibility index (Phi) is 2.58. The quantitative estimate of drug-likeness (QED) is 0.863. The first-order valence-corrected chi connectivity index (χ1v) is 7.29. The molecule has 2 aliphatic rings. The van der Waals surface area contributed by atoms with Gasteiger partial charge in [0.2, 0.25) is 5.91 Å². The number of hydrogen-bond acceptors (Lipinski definition) is 2. The molecule has 0 radical (unpaired) electrons. The number of amides is 1. The van der Waals surface area contributed by atoms with Gasteiger partial charge in [0, 0.05) is 5.69 Å². The molecule has 0 saturated heterocycles. The van der Waals surface area contributed by atoms with E-state index >= 15 is 0 Å². The molecule has 1 amide bonds. The Morgan fingerprint density at radius 1 is 1.14 bits per heavy atom. The fourth-order valence-electron chi connectivity index (χ4n) is 3.27. The molecule has 0 atom stereocenters. The Labute approximate surface area is 124 Å². The van der Waals surface area contributed by atoms with Crippen LogP contribution in [0.25, 0.3) is 0 Å². The van der Waals surface area contributed by atoms with Gasteiger partial charge in [-0.25, -0.2) is 0 Å². The second kappa shape index (κ2) is 4.35. The first kappa shape index (κ1) is 12.5. The third-order valence-corrected chi connectivity index (χ3v) is 4.60. The van der Waals surface area contributed by atoms with Crippen LogP contribution >= 0.6 is 0 Å². The molecular weight excluding hydrogens is 262 g/mol. The summed E-state index contributed by atoms with van der Waals surface area (Å²) in [6, 6.07) is 16.1. The van der Waals surface area contributed by atoms with E-state index < -0.39 is 0 Å². The van der Waals surface area contributed by atoms with E-state index in [9.17, 15) is 4.79 Å². The van der Waals surface area contributed by atoms with Gasteiger partial charge in [0.05, 0.1) is 19.1 Å². The zero-order chi connectivity index (χ0) is 14.4. The van der Waals surface area contributed by atoms with Crippen molar-refractivity contribution < 1.29 is 9.53 Å². The molecule has 0 bridgehead atoms. The molecular formula is C18H17NO2. The molecule has 21 heavy (non-hydrogen) atoms. The fraction of sp³-hybridized carbons (Fsp3) is 0.278. The van der Waals surface area contributed by atoms with Crippen LogP contribution in [0.4, 0.5) is 5.69 Å². The van der Waals surface area contributed by atoms with Crippen molar-refractivity contribution in [1.29, 1.82) is 0 Å². The predicted octanol–water partition coefficient (Wildman–Crippen LogP) is 3.27. The monoisotopic (exact) mass is 279 g/mol. The molecule has 1 heterocycles. The summed E-state index contributed by atoms with van der Waals surface area (Å²) in [7, 11) is 1.67. The lowest BCUT2D eigenvalue weighted by atomic mass is 9.98. The van der Waals surface area contributed by atoms with Crippen LogP contribution in [0, 0.1) is 0 Å². The van der Waals surface area contributed by atoms with Crippen molar-refractivity contribution in [2.75, 3.05) is 12.0 Å². The van der Waals surface area contributed by atoms with Gasteiger partial charge in [0.25, 0.3) is 0 Å². The predicted molar refractivity (Wildman–Crippen MR) is 81.5 cm³/mol. The molecule has 1 spiro atoms. The Morgan fingerprint density at radius 2 is 1.90 bits per heavy atom. The van der Waals surface area contributed by atoms with Crippen molar-refractivity contribution >= 4 is 11.6 Å². The Hall–Kier alpha value is -2.29. The summed E-state index contributed by atoms with van der Waals surface area (Å²) in [5.41, 5.74) is 3.08. The number of rotatable bonds is 3. The second-order valence-corrected chi connectivity index (χ2v) is 5.84. The molecule has 4 rings (SSSR count). The van der Waals surface area contributed by atoms with Gasteiger partial charge >= 0.3 is 0 Å². The molecule has 2 aromatic rings. The molecule has 1 fully saturated rings. The number of carbonyl (C=O) groups is 1. The van der Waals surface area contributed by atoms with Crippen molar-refractivity contribution in [3.05, 3.63) is 59.7 Å². The number of nitrogens with zero attached hydrogens (tertiary/aromatic N) is 1. The Balaban J connectivity index is 1.75. The molecule has 1 aliphatic carbocycles. The van der Waals surface area contributed by atoms with Gasteiger partial charge in [-0.15, -0.1) is 0 Å². The smallest absolute Gasteiger partial charge is 0.238 e. The van der Waals surface area contributed by atoms with E-state index in [0.717, 1.165) is 35.4 Å². The largest absolute Gasteiger partial charge is 0.497 e. The van der Waals surface area contributed by atoms with E-state index in [2.05, 4.69) is 12.1 Å². The number of methoxy groups -OCH3 is 1. The highest BCUT2D eigenvalue weighted by atomic mass is 16.5. The summed E-state index contributed by atoms with van der Waals surface area (Å²) >= 11 is 0. The van der Waals surface area contributed by atoms with Gasteiger partial charge < -0.3 is 9.64 Å². The van der Waals surface area contributed by atoms with Gasteiger partial charge in [-0.1, -0.05) is 30.3 Å². The lowest BCUT2D eigenvalue weighted by molar-refractivity contribution is -0.120. The van der Waals surface area contributed by atoms with E-state index in [-0.39, 0.29) is 11.3 Å². The average molecular weight is 279 g/mol. The van der Waals surface area contributed by atoms with Gasteiger partial charge in [-0.3, -0.25) is 4.79 Å². The highest BCUT2D eigenvalue weighted by molar-refractivity contribution is 6.10. The van der Waals surface area contributed by atoms with Crippen LogP contribution in [-0.4, -0.2) is 13.0 Å². The van der Waals surface area contributed by atoms with E-state index in [4.69, 9.17) is 4.74 Å². The van der Waals surface area contributed by atoms with Crippen LogP contribution in [0.3, 0.4) is 0 Å². The Bertz CT molecular complexity index is 704. The minimum absolute atomic E-state index is 0.245. The summed E-state index contributed by atoms with van der Waals surface area (Å²) in [4.78, 5) is 14.8. The number of carbonyl (C=O) groups excluding carboxylic acids is 1. The van der Waals surface area contributed by atoms with Gasteiger partial charge in [-0.2, -0.15) is 0 Å². The molecule has 3 nitrogen and oxygen atoms in total. The summed E-state index contributed by atoms with van der Waals surface area (Å²) in [6.07, 6.45) is 1.91. The lowest BCUT2D eigenvalue weighted by Gasteiger charge is -2.18. The standard InChI is InChI=1S/C18H17NO2/c1-21-14-7-8-16-15(11-14)18(9-10-18)17(20)19(16)12-13-5-3-2-4-6-13/h2-8,11H,9-10,12H2,1H3. The lowest BCUT2D eigenvalue weighted by Crippen LogP contribution is -2.31. The molecule has 0 N–H and O–H groups in total. The molecule has 106 valence electrons. The van der Waals surface area contributed by atoms with Crippen molar-refractivity contribution in [3.63, 3.8) is 0 Å². The van der Waals surface area contributed by atoms with Crippen LogP contribution in [-0.2, 0) is 16.8 Å². The molecule has 3 heteroatoms. The molecule has 1 saturated carbocycles. The number of anilines is 1. The minimum Gasteiger partial charge on any atom is -0.497 e. The molecule has 1 aliphatic heterocycles. The summed E-state index contributed by atoms with van der Waals surface area (Å²) in [6.45, 7) is 0.640. The van der Waals surface area contributed by atoms with Crippen molar-refractivity contribution in [3.8, 4) is 5.75 Å². The Morgan fingerprint density at radius 3 is 2.57 bits per heavy atom. The van der Waals surface area contributed by atoms with Crippen molar-refractivity contribution in [1.82, 2.24) is 0 Å². The van der Waals surface area contributed by atoms with Crippen LogP contribution < -0.4 is 9.64 Å². The maximum Gasteiger partial charge on any atom is 0.238 e. The second-order valence-electron chi connectivity index (χ2n) is 5.84. The minimum atomic E-state index is -0.265. The summed E-state index contributed by atoms with van der Waals surface area (Å²) < 4.78 is 5.32. The fourth-order valence-corrected chi connectivity index (χ4v) is 3.27. The van der Waals surface area contributed by atoms with Gasteiger partial charge in [0.15, 0.2) is 0 Å². The maximum absolute atomic E-state index is 12.8. The number of hydrogen-bond donors (Lipinski definition) is 0.